The number of carbonyl (C=O) groups is 1. The summed E-state index contributed by atoms with van der Waals surface area (Å²) in [5.74, 6) is -0.0499. The molecule has 2 N–H and O–H groups in total. The average Bonchev–Trinajstić information content (AvgIpc) is 3.04. The summed E-state index contributed by atoms with van der Waals surface area (Å²) in [5.41, 5.74) is 2.13. The maximum atomic E-state index is 12.5. The Morgan fingerprint density at radius 3 is 2.83 bits per heavy atom. The maximum Gasteiger partial charge on any atom is 0.237 e. The van der Waals surface area contributed by atoms with Gasteiger partial charge in [-0.3, -0.25) is 4.79 Å². The molecule has 1 aromatic carbocycles. The predicted octanol–water partition coefficient (Wildman–Crippen LogP) is 3.62. The first kappa shape index (κ1) is 15.9. The van der Waals surface area contributed by atoms with E-state index in [1.165, 1.54) is 18.1 Å². The summed E-state index contributed by atoms with van der Waals surface area (Å²) in [7, 11) is 0. The van der Waals surface area contributed by atoms with Crippen molar-refractivity contribution in [2.45, 2.75) is 23.6 Å². The number of rotatable bonds is 5. The van der Waals surface area contributed by atoms with Gasteiger partial charge in [-0.15, -0.1) is 0 Å². The van der Waals surface area contributed by atoms with E-state index in [1.54, 1.807) is 6.33 Å². The molecule has 6 nitrogen and oxygen atoms in total. The molecule has 0 bridgehead atoms. The average molecular weight is 392 g/mol. The molecule has 1 atom stereocenters. The number of H-pyrrole nitrogens is 1. The number of nitrogens with zero attached hydrogens (tertiary/aromatic N) is 3. The molecule has 0 aliphatic carbocycles. The Morgan fingerprint density at radius 2 is 2.09 bits per heavy atom. The normalized spacial score (nSPS) is 12.3. The first-order chi connectivity index (χ1) is 11.2. The van der Waals surface area contributed by atoms with Crippen molar-refractivity contribution in [3.05, 3.63) is 41.4 Å². The molecule has 0 fully saturated rings. The number of thioether (sulfide) groups is 1. The van der Waals surface area contributed by atoms with Gasteiger partial charge in [0.2, 0.25) is 5.91 Å². The highest BCUT2D eigenvalue weighted by molar-refractivity contribution is 9.10. The van der Waals surface area contributed by atoms with E-state index in [2.05, 4.69) is 41.2 Å². The number of anilines is 1. The van der Waals surface area contributed by atoms with Gasteiger partial charge in [0.05, 0.1) is 11.6 Å². The highest BCUT2D eigenvalue weighted by atomic mass is 79.9. The lowest BCUT2D eigenvalue weighted by Crippen LogP contribution is -2.24. The number of hydrogen-bond donors (Lipinski definition) is 2. The van der Waals surface area contributed by atoms with E-state index in [9.17, 15) is 4.79 Å². The lowest BCUT2D eigenvalue weighted by Gasteiger charge is -2.14. The summed E-state index contributed by atoms with van der Waals surface area (Å²) in [6.07, 6.45) is 3.73. The molecule has 0 aliphatic heterocycles. The van der Waals surface area contributed by atoms with Crippen molar-refractivity contribution in [1.29, 1.82) is 0 Å². The van der Waals surface area contributed by atoms with Crippen molar-refractivity contribution in [2.24, 2.45) is 0 Å². The number of benzene rings is 1. The zero-order valence-corrected chi connectivity index (χ0v) is 14.7. The van der Waals surface area contributed by atoms with E-state index in [0.717, 1.165) is 20.7 Å². The van der Waals surface area contributed by atoms with E-state index < -0.39 is 0 Å². The molecular formula is C15H14BrN5OS. The van der Waals surface area contributed by atoms with Crippen molar-refractivity contribution in [1.82, 2.24) is 19.9 Å². The number of fused-ring (bicyclic) bond motifs is 1. The molecule has 0 radical (unpaired) electrons. The second-order valence-electron chi connectivity index (χ2n) is 4.79. The number of amides is 1. The summed E-state index contributed by atoms with van der Waals surface area (Å²) >= 11 is 4.79. The molecule has 2 aromatic heterocycles. The fourth-order valence-electron chi connectivity index (χ4n) is 2.05. The second-order valence-corrected chi connectivity index (χ2v) is 6.90. The summed E-state index contributed by atoms with van der Waals surface area (Å²) in [6, 6.07) is 7.50. The van der Waals surface area contributed by atoms with Crippen LogP contribution in [0.5, 0.6) is 0 Å². The molecule has 3 aromatic rings. The fraction of sp³-hybridized carbons (Fsp3) is 0.200. The molecule has 0 aliphatic rings. The van der Waals surface area contributed by atoms with Crippen LogP contribution in [0.1, 0.15) is 13.3 Å². The van der Waals surface area contributed by atoms with Gasteiger partial charge in [0.25, 0.3) is 0 Å². The molecule has 0 spiro atoms. The Hall–Kier alpha value is -1.93. The number of hydrogen-bond acceptors (Lipinski definition) is 5. The van der Waals surface area contributed by atoms with Crippen molar-refractivity contribution in [3.8, 4) is 0 Å². The minimum Gasteiger partial charge on any atom is -0.341 e. The zero-order valence-electron chi connectivity index (χ0n) is 12.3. The molecule has 3 rings (SSSR count). The van der Waals surface area contributed by atoms with Gasteiger partial charge >= 0.3 is 0 Å². The van der Waals surface area contributed by atoms with Gasteiger partial charge < -0.3 is 10.3 Å². The minimum absolute atomic E-state index is 0.0499. The van der Waals surface area contributed by atoms with Crippen molar-refractivity contribution in [2.75, 3.05) is 5.32 Å². The molecular weight excluding hydrogens is 378 g/mol. The number of halogens is 1. The first-order valence-corrected chi connectivity index (χ1v) is 8.72. The highest BCUT2D eigenvalue weighted by Crippen LogP contribution is 2.28. The number of aromatic nitrogens is 4. The van der Waals surface area contributed by atoms with Crippen molar-refractivity contribution < 1.29 is 4.79 Å². The Balaban J connectivity index is 1.75. The van der Waals surface area contributed by atoms with Crippen molar-refractivity contribution >= 4 is 50.5 Å². The smallest absolute Gasteiger partial charge is 0.237 e. The molecule has 1 amide bonds. The van der Waals surface area contributed by atoms with Gasteiger partial charge in [0.15, 0.2) is 5.65 Å². The molecule has 23 heavy (non-hydrogen) atoms. The van der Waals surface area contributed by atoms with Crippen LogP contribution in [0.2, 0.25) is 0 Å². The van der Waals surface area contributed by atoms with Crippen LogP contribution in [0.25, 0.3) is 11.2 Å². The largest absolute Gasteiger partial charge is 0.341 e. The molecule has 0 saturated heterocycles. The zero-order chi connectivity index (χ0) is 16.2. The van der Waals surface area contributed by atoms with Gasteiger partial charge in [-0.1, -0.05) is 34.6 Å². The number of imidazole rings is 1. The fourth-order valence-corrected chi connectivity index (χ4v) is 3.29. The van der Waals surface area contributed by atoms with E-state index in [0.29, 0.717) is 12.1 Å². The standard InChI is InChI=1S/C15H14BrN5OS/c1-2-11(14(22)21-10-5-3-9(16)4-6-10)23-15-12-13(18-7-17-12)19-8-20-15/h3-8,11H,2H2,1H3,(H,21,22)(H,17,18,19,20). The summed E-state index contributed by atoms with van der Waals surface area (Å²) < 4.78 is 0.972. The minimum atomic E-state index is -0.250. The number of nitrogens with one attached hydrogen (secondary N) is 2. The third-order valence-electron chi connectivity index (χ3n) is 3.22. The molecule has 0 saturated carbocycles. The molecule has 1 unspecified atom stereocenters. The molecule has 118 valence electrons. The van der Waals surface area contributed by atoms with E-state index in [1.807, 2.05) is 31.2 Å². The van der Waals surface area contributed by atoms with E-state index in [4.69, 9.17) is 0 Å². The topological polar surface area (TPSA) is 83.6 Å². The third-order valence-corrected chi connectivity index (χ3v) is 5.11. The second kappa shape index (κ2) is 7.10. The predicted molar refractivity (Wildman–Crippen MR) is 94.4 cm³/mol. The number of aromatic amines is 1. The van der Waals surface area contributed by atoms with Crippen LogP contribution in [-0.4, -0.2) is 31.1 Å². The Bertz CT molecular complexity index is 820. The Morgan fingerprint density at radius 1 is 1.30 bits per heavy atom. The van der Waals surface area contributed by atoms with Gasteiger partial charge in [-0.05, 0) is 30.7 Å². The van der Waals surface area contributed by atoms with Crippen molar-refractivity contribution in [3.63, 3.8) is 0 Å². The van der Waals surface area contributed by atoms with Gasteiger partial charge in [0.1, 0.15) is 16.9 Å². The quantitative estimate of drug-likeness (QED) is 0.512. The van der Waals surface area contributed by atoms with Crippen LogP contribution in [0.4, 0.5) is 5.69 Å². The Labute approximate surface area is 145 Å². The summed E-state index contributed by atoms with van der Waals surface area (Å²) in [6.45, 7) is 1.98. The van der Waals surface area contributed by atoms with Gasteiger partial charge in [-0.25, -0.2) is 15.0 Å². The highest BCUT2D eigenvalue weighted by Gasteiger charge is 2.20. The van der Waals surface area contributed by atoms with Crippen LogP contribution in [0.3, 0.4) is 0 Å². The lowest BCUT2D eigenvalue weighted by molar-refractivity contribution is -0.115. The molecule has 2 heterocycles. The van der Waals surface area contributed by atoms with Crippen LogP contribution >= 0.6 is 27.7 Å². The first-order valence-electron chi connectivity index (χ1n) is 7.04. The molecule has 8 heteroatoms. The van der Waals surface area contributed by atoms with Crippen LogP contribution in [-0.2, 0) is 4.79 Å². The van der Waals surface area contributed by atoms with E-state index in [-0.39, 0.29) is 11.2 Å². The maximum absolute atomic E-state index is 12.5. The van der Waals surface area contributed by atoms with Gasteiger partial charge in [-0.2, -0.15) is 0 Å². The summed E-state index contributed by atoms with van der Waals surface area (Å²) in [4.78, 5) is 28.0. The number of carbonyl (C=O) groups excluding carboxylic acids is 1. The van der Waals surface area contributed by atoms with Crippen LogP contribution in [0.15, 0.2) is 46.4 Å². The third kappa shape index (κ3) is 3.70. The monoisotopic (exact) mass is 391 g/mol. The summed E-state index contributed by atoms with van der Waals surface area (Å²) in [5, 5.41) is 3.41. The van der Waals surface area contributed by atoms with E-state index >= 15 is 0 Å². The lowest BCUT2D eigenvalue weighted by atomic mass is 10.3. The Kier molecular flexibility index (Phi) is 4.92. The SMILES string of the molecule is CCC(Sc1ncnc2nc[nH]c12)C(=O)Nc1ccc(Br)cc1. The van der Waals surface area contributed by atoms with Crippen LogP contribution in [0, 0.1) is 0 Å². The van der Waals surface area contributed by atoms with Gasteiger partial charge in [0, 0.05) is 10.2 Å². The van der Waals surface area contributed by atoms with Crippen LogP contribution < -0.4 is 5.32 Å².